The zero-order valence-electron chi connectivity index (χ0n) is 10.2. The van der Waals surface area contributed by atoms with E-state index in [2.05, 4.69) is 73.5 Å². The van der Waals surface area contributed by atoms with Crippen LogP contribution in [-0.2, 0) is 0 Å². The summed E-state index contributed by atoms with van der Waals surface area (Å²) in [4.78, 5) is 5.74. The Labute approximate surface area is 128 Å². The molecule has 0 aliphatic carbocycles. The molecule has 0 fully saturated rings. The Bertz CT molecular complexity index is 512. The molecule has 5 heteroatoms. The van der Waals surface area contributed by atoms with Crippen LogP contribution in [0.25, 0.3) is 0 Å². The van der Waals surface area contributed by atoms with Crippen LogP contribution in [0.15, 0.2) is 38.7 Å². The molecule has 18 heavy (non-hydrogen) atoms. The van der Waals surface area contributed by atoms with Crippen molar-refractivity contribution in [2.24, 2.45) is 5.92 Å². The monoisotopic (exact) mass is 388 g/mol. The lowest BCUT2D eigenvalue weighted by molar-refractivity contribution is 0.552. The average molecular weight is 390 g/mol. The van der Waals surface area contributed by atoms with E-state index >= 15 is 0 Å². The number of thiophene rings is 1. The Balaban J connectivity index is 2.24. The van der Waals surface area contributed by atoms with Crippen LogP contribution in [0.3, 0.4) is 0 Å². The molecular weight excluding hydrogens is 376 g/mol. The van der Waals surface area contributed by atoms with Crippen molar-refractivity contribution >= 4 is 49.0 Å². The predicted molar refractivity (Wildman–Crippen MR) is 85.2 cm³/mol. The molecule has 0 saturated carbocycles. The average Bonchev–Trinajstić information content (AvgIpc) is 2.80. The van der Waals surface area contributed by atoms with Crippen LogP contribution < -0.4 is 5.32 Å². The van der Waals surface area contributed by atoms with Crippen LogP contribution in [0.5, 0.6) is 0 Å². The third-order valence-electron chi connectivity index (χ3n) is 2.62. The van der Waals surface area contributed by atoms with Gasteiger partial charge in [0.05, 0.1) is 10.5 Å². The molecule has 1 N–H and O–H groups in total. The van der Waals surface area contributed by atoms with Gasteiger partial charge < -0.3 is 5.32 Å². The van der Waals surface area contributed by atoms with Crippen molar-refractivity contribution in [1.29, 1.82) is 0 Å². The van der Waals surface area contributed by atoms with E-state index in [1.807, 2.05) is 6.07 Å². The number of anilines is 1. The van der Waals surface area contributed by atoms with Crippen LogP contribution in [-0.4, -0.2) is 4.98 Å². The molecule has 2 aromatic rings. The molecule has 0 spiro atoms. The minimum atomic E-state index is 0.287. The molecule has 2 rings (SSSR count). The number of nitrogens with zero attached hydrogens (tertiary/aromatic N) is 1. The maximum atomic E-state index is 4.41. The number of nitrogens with one attached hydrogen (secondary N) is 1. The van der Waals surface area contributed by atoms with Gasteiger partial charge in [0, 0.05) is 15.5 Å². The Kier molecular flexibility index (Phi) is 4.81. The Morgan fingerprint density at radius 2 is 2.11 bits per heavy atom. The SMILES string of the molecule is CC(C)C(Nc1ncc(Br)cc1Br)c1cccs1. The standard InChI is InChI=1S/C13H14Br2N2S/c1-8(2)12(11-4-3-5-18-11)17-13-10(15)6-9(14)7-16-13/h3-8,12H,1-2H3,(H,16,17). The highest BCUT2D eigenvalue weighted by Gasteiger charge is 2.18. The van der Waals surface area contributed by atoms with E-state index in [-0.39, 0.29) is 6.04 Å². The molecule has 2 nitrogen and oxygen atoms in total. The quantitative estimate of drug-likeness (QED) is 0.748. The summed E-state index contributed by atoms with van der Waals surface area (Å²) in [5.74, 6) is 1.38. The molecule has 0 aromatic carbocycles. The Hall–Kier alpha value is -0.390. The summed E-state index contributed by atoms with van der Waals surface area (Å²) in [5.41, 5.74) is 0. The van der Waals surface area contributed by atoms with Gasteiger partial charge in [-0.15, -0.1) is 11.3 Å². The summed E-state index contributed by atoms with van der Waals surface area (Å²) >= 11 is 8.72. The van der Waals surface area contributed by atoms with Gasteiger partial charge in [-0.05, 0) is 55.3 Å². The predicted octanol–water partition coefficient (Wildman–Crippen LogP) is 5.48. The van der Waals surface area contributed by atoms with Gasteiger partial charge >= 0.3 is 0 Å². The van der Waals surface area contributed by atoms with Crippen molar-refractivity contribution in [2.45, 2.75) is 19.9 Å². The Morgan fingerprint density at radius 3 is 2.67 bits per heavy atom. The van der Waals surface area contributed by atoms with Crippen LogP contribution >= 0.6 is 43.2 Å². The molecule has 0 amide bonds. The number of pyridine rings is 1. The van der Waals surface area contributed by atoms with E-state index in [1.165, 1.54) is 4.88 Å². The first-order chi connectivity index (χ1) is 8.58. The number of rotatable bonds is 4. The second-order valence-corrected chi connectivity index (χ2v) is 7.11. The fourth-order valence-electron chi connectivity index (χ4n) is 1.70. The largest absolute Gasteiger partial charge is 0.361 e. The van der Waals surface area contributed by atoms with Crippen LogP contribution in [0.2, 0.25) is 0 Å². The van der Waals surface area contributed by atoms with Crippen molar-refractivity contribution in [1.82, 2.24) is 4.98 Å². The molecule has 2 aromatic heterocycles. The zero-order chi connectivity index (χ0) is 13.1. The molecule has 0 bridgehead atoms. The number of hydrogen-bond donors (Lipinski definition) is 1. The summed E-state index contributed by atoms with van der Waals surface area (Å²) in [6.45, 7) is 4.42. The maximum Gasteiger partial charge on any atom is 0.140 e. The Morgan fingerprint density at radius 1 is 1.33 bits per heavy atom. The molecule has 1 atom stereocenters. The smallest absolute Gasteiger partial charge is 0.140 e. The van der Waals surface area contributed by atoms with Crippen molar-refractivity contribution in [3.63, 3.8) is 0 Å². The summed E-state index contributed by atoms with van der Waals surface area (Å²) in [6, 6.07) is 6.53. The lowest BCUT2D eigenvalue weighted by Gasteiger charge is -2.22. The van der Waals surface area contributed by atoms with E-state index in [4.69, 9.17) is 0 Å². The summed E-state index contributed by atoms with van der Waals surface area (Å²) in [7, 11) is 0. The van der Waals surface area contributed by atoms with Crippen LogP contribution in [0.4, 0.5) is 5.82 Å². The van der Waals surface area contributed by atoms with E-state index < -0.39 is 0 Å². The summed E-state index contributed by atoms with van der Waals surface area (Å²) in [5, 5.41) is 5.62. The van der Waals surface area contributed by atoms with E-state index in [9.17, 15) is 0 Å². The lowest BCUT2D eigenvalue weighted by Crippen LogP contribution is -2.16. The van der Waals surface area contributed by atoms with Crippen molar-refractivity contribution in [2.75, 3.05) is 5.32 Å². The minimum Gasteiger partial charge on any atom is -0.361 e. The molecule has 0 radical (unpaired) electrons. The van der Waals surface area contributed by atoms with Gasteiger partial charge in [0.2, 0.25) is 0 Å². The van der Waals surface area contributed by atoms with Crippen LogP contribution in [0, 0.1) is 5.92 Å². The first-order valence-electron chi connectivity index (χ1n) is 5.69. The minimum absolute atomic E-state index is 0.287. The first kappa shape index (κ1) is 14.0. The van der Waals surface area contributed by atoms with Crippen molar-refractivity contribution in [3.8, 4) is 0 Å². The van der Waals surface area contributed by atoms with E-state index in [0.29, 0.717) is 5.92 Å². The molecule has 0 saturated heterocycles. The number of halogens is 2. The molecule has 1 unspecified atom stereocenters. The van der Waals surface area contributed by atoms with E-state index in [1.54, 1.807) is 17.5 Å². The second kappa shape index (κ2) is 6.17. The zero-order valence-corrected chi connectivity index (χ0v) is 14.1. The van der Waals surface area contributed by atoms with Crippen LogP contribution in [0.1, 0.15) is 24.8 Å². The van der Waals surface area contributed by atoms with E-state index in [0.717, 1.165) is 14.8 Å². The third-order valence-corrected chi connectivity index (χ3v) is 4.61. The third kappa shape index (κ3) is 3.33. The molecule has 0 aliphatic heterocycles. The van der Waals surface area contributed by atoms with Crippen molar-refractivity contribution in [3.05, 3.63) is 43.6 Å². The molecule has 0 aliphatic rings. The van der Waals surface area contributed by atoms with Gasteiger partial charge in [-0.1, -0.05) is 19.9 Å². The van der Waals surface area contributed by atoms with Gasteiger partial charge in [-0.2, -0.15) is 0 Å². The number of aromatic nitrogens is 1. The second-order valence-electron chi connectivity index (χ2n) is 4.37. The topological polar surface area (TPSA) is 24.9 Å². The van der Waals surface area contributed by atoms with Crippen molar-refractivity contribution < 1.29 is 0 Å². The lowest BCUT2D eigenvalue weighted by atomic mass is 10.0. The normalized spacial score (nSPS) is 12.7. The van der Waals surface area contributed by atoms with Gasteiger partial charge in [0.1, 0.15) is 5.82 Å². The first-order valence-corrected chi connectivity index (χ1v) is 8.15. The maximum absolute atomic E-state index is 4.41. The highest BCUT2D eigenvalue weighted by molar-refractivity contribution is 9.11. The summed E-state index contributed by atoms with van der Waals surface area (Å²) in [6.07, 6.45) is 1.80. The highest BCUT2D eigenvalue weighted by Crippen LogP contribution is 2.32. The molecule has 2 heterocycles. The van der Waals surface area contributed by atoms with Gasteiger partial charge in [0.15, 0.2) is 0 Å². The summed E-state index contributed by atoms with van der Waals surface area (Å²) < 4.78 is 1.94. The molecule has 96 valence electrons. The highest BCUT2D eigenvalue weighted by atomic mass is 79.9. The van der Waals surface area contributed by atoms with Gasteiger partial charge in [-0.25, -0.2) is 4.98 Å². The fourth-order valence-corrected chi connectivity index (χ4v) is 3.75. The number of hydrogen-bond acceptors (Lipinski definition) is 3. The molecular formula is C13H14Br2N2S. The van der Waals surface area contributed by atoms with Gasteiger partial charge in [0.25, 0.3) is 0 Å². The van der Waals surface area contributed by atoms with Gasteiger partial charge in [-0.3, -0.25) is 0 Å². The fraction of sp³-hybridized carbons (Fsp3) is 0.308.